The first-order chi connectivity index (χ1) is 8.28. The zero-order valence-electron chi connectivity index (χ0n) is 9.79. The minimum absolute atomic E-state index is 0.0207. The Kier molecular flexibility index (Phi) is 3.35. The van der Waals surface area contributed by atoms with Crippen LogP contribution in [0.15, 0.2) is 16.9 Å². The summed E-state index contributed by atoms with van der Waals surface area (Å²) in [5.41, 5.74) is 1.14. The van der Waals surface area contributed by atoms with Crippen LogP contribution in [0.1, 0.15) is 25.7 Å². The van der Waals surface area contributed by atoms with E-state index in [-0.39, 0.29) is 11.9 Å². The fourth-order valence-corrected chi connectivity index (χ4v) is 2.22. The predicted molar refractivity (Wildman–Crippen MR) is 65.4 cm³/mol. The number of hydrogen-bond donors (Lipinski definition) is 0. The van der Waals surface area contributed by atoms with Crippen LogP contribution in [-0.2, 0) is 6.42 Å². The molecule has 3 nitrogen and oxygen atoms in total. The van der Waals surface area contributed by atoms with Gasteiger partial charge in [0.1, 0.15) is 22.4 Å². The lowest BCUT2D eigenvalue weighted by atomic mass is 10.3. The lowest BCUT2D eigenvalue weighted by molar-refractivity contribution is -0.129. The topological polar surface area (TPSA) is 30.7 Å². The van der Waals surface area contributed by atoms with Crippen molar-refractivity contribution in [3.63, 3.8) is 0 Å². The first-order valence-corrected chi connectivity index (χ1v) is 6.16. The van der Waals surface area contributed by atoms with E-state index in [4.69, 9.17) is 0 Å². The molecule has 18 heavy (non-hydrogen) atoms. The number of rotatable bonds is 2. The van der Waals surface area contributed by atoms with Gasteiger partial charge in [0.25, 0.3) is 0 Å². The molecule has 7 heteroatoms. The van der Waals surface area contributed by atoms with Gasteiger partial charge in [0, 0.05) is 6.04 Å². The van der Waals surface area contributed by atoms with Crippen molar-refractivity contribution in [1.82, 2.24) is 14.5 Å². The summed E-state index contributed by atoms with van der Waals surface area (Å²) in [5, 5.41) is 0. The van der Waals surface area contributed by atoms with E-state index in [0.29, 0.717) is 15.6 Å². The maximum Gasteiger partial charge on any atom is 0.396 e. The number of imidazole rings is 1. The SMILES string of the molecule is CC(C)n1c(CC(F)(F)F)nc2cnc(Br)cc21. The lowest BCUT2D eigenvalue weighted by Gasteiger charge is -2.14. The Morgan fingerprint density at radius 1 is 1.39 bits per heavy atom. The highest BCUT2D eigenvalue weighted by molar-refractivity contribution is 9.10. The summed E-state index contributed by atoms with van der Waals surface area (Å²) < 4.78 is 39.7. The van der Waals surface area contributed by atoms with Gasteiger partial charge in [-0.25, -0.2) is 9.97 Å². The van der Waals surface area contributed by atoms with Gasteiger partial charge in [-0.1, -0.05) is 0 Å². The molecule has 0 aliphatic carbocycles. The Labute approximate surface area is 110 Å². The second kappa shape index (κ2) is 4.53. The molecule has 0 saturated carbocycles. The van der Waals surface area contributed by atoms with Crippen LogP contribution in [0.3, 0.4) is 0 Å². The van der Waals surface area contributed by atoms with Crippen LogP contribution in [0, 0.1) is 0 Å². The number of alkyl halides is 3. The van der Waals surface area contributed by atoms with E-state index in [1.54, 1.807) is 10.6 Å². The maximum atomic E-state index is 12.5. The Bertz CT molecular complexity index is 575. The molecule has 0 aromatic carbocycles. The smallest absolute Gasteiger partial charge is 0.325 e. The molecule has 0 unspecified atom stereocenters. The van der Waals surface area contributed by atoms with Crippen molar-refractivity contribution < 1.29 is 13.2 Å². The van der Waals surface area contributed by atoms with Crippen LogP contribution in [0.5, 0.6) is 0 Å². The second-order valence-corrected chi connectivity index (χ2v) is 5.09. The van der Waals surface area contributed by atoms with E-state index in [9.17, 15) is 13.2 Å². The molecule has 2 rings (SSSR count). The summed E-state index contributed by atoms with van der Waals surface area (Å²) in [6.07, 6.45) is -3.83. The lowest BCUT2D eigenvalue weighted by Crippen LogP contribution is -2.17. The van der Waals surface area contributed by atoms with Gasteiger partial charge in [-0.3, -0.25) is 0 Å². The van der Waals surface area contributed by atoms with Crippen LogP contribution in [0.2, 0.25) is 0 Å². The number of fused-ring (bicyclic) bond motifs is 1. The zero-order chi connectivity index (χ0) is 13.5. The third kappa shape index (κ3) is 2.66. The second-order valence-electron chi connectivity index (χ2n) is 4.28. The summed E-state index contributed by atoms with van der Waals surface area (Å²) in [4.78, 5) is 8.00. The first kappa shape index (κ1) is 13.3. The molecular formula is C11H11BrF3N3. The molecular weight excluding hydrogens is 311 g/mol. The van der Waals surface area contributed by atoms with Crippen molar-refractivity contribution in [3.05, 3.63) is 22.7 Å². The standard InChI is InChI=1S/C11H11BrF3N3/c1-6(2)18-8-3-9(12)16-5-7(8)17-10(18)4-11(13,14)15/h3,5-6H,4H2,1-2H3. The first-order valence-electron chi connectivity index (χ1n) is 5.37. The molecule has 2 aromatic rings. The minimum Gasteiger partial charge on any atom is -0.325 e. The molecule has 0 amide bonds. The molecule has 2 aromatic heterocycles. The summed E-state index contributed by atoms with van der Waals surface area (Å²) in [7, 11) is 0. The molecule has 0 saturated heterocycles. The Hall–Kier alpha value is -1.11. The molecule has 0 atom stereocenters. The average Bonchev–Trinajstić information content (AvgIpc) is 2.51. The van der Waals surface area contributed by atoms with Gasteiger partial charge < -0.3 is 4.57 Å². The molecule has 0 bridgehead atoms. The van der Waals surface area contributed by atoms with Crippen molar-refractivity contribution >= 4 is 27.0 Å². The zero-order valence-corrected chi connectivity index (χ0v) is 11.4. The normalized spacial score (nSPS) is 12.6. The highest BCUT2D eigenvalue weighted by Crippen LogP contribution is 2.27. The molecule has 0 radical (unpaired) electrons. The van der Waals surface area contributed by atoms with E-state index in [1.165, 1.54) is 6.20 Å². The third-order valence-corrected chi connectivity index (χ3v) is 2.92. The Morgan fingerprint density at radius 2 is 2.06 bits per heavy atom. The monoisotopic (exact) mass is 321 g/mol. The van der Waals surface area contributed by atoms with Crippen molar-refractivity contribution in [1.29, 1.82) is 0 Å². The van der Waals surface area contributed by atoms with E-state index in [1.807, 2.05) is 13.8 Å². The maximum absolute atomic E-state index is 12.5. The fourth-order valence-electron chi connectivity index (χ4n) is 1.90. The van der Waals surface area contributed by atoms with Gasteiger partial charge >= 0.3 is 6.18 Å². The number of nitrogens with zero attached hydrogens (tertiary/aromatic N) is 3. The van der Waals surface area contributed by atoms with Crippen LogP contribution >= 0.6 is 15.9 Å². The highest BCUT2D eigenvalue weighted by Gasteiger charge is 2.31. The number of hydrogen-bond acceptors (Lipinski definition) is 2. The average molecular weight is 322 g/mol. The quantitative estimate of drug-likeness (QED) is 0.786. The van der Waals surface area contributed by atoms with Crippen molar-refractivity contribution in [2.75, 3.05) is 0 Å². The van der Waals surface area contributed by atoms with Crippen LogP contribution in [0.25, 0.3) is 11.0 Å². The molecule has 2 heterocycles. The summed E-state index contributed by atoms with van der Waals surface area (Å²) in [5.74, 6) is 0.0207. The molecule has 0 aliphatic rings. The minimum atomic E-state index is -4.27. The number of aromatic nitrogens is 3. The van der Waals surface area contributed by atoms with Crippen LogP contribution in [-0.4, -0.2) is 20.7 Å². The van der Waals surface area contributed by atoms with Gasteiger partial charge in [-0.2, -0.15) is 13.2 Å². The Balaban J connectivity index is 2.62. The van der Waals surface area contributed by atoms with Crippen LogP contribution < -0.4 is 0 Å². The summed E-state index contributed by atoms with van der Waals surface area (Å²) in [6, 6.07) is 1.59. The largest absolute Gasteiger partial charge is 0.396 e. The van der Waals surface area contributed by atoms with Gasteiger partial charge in [0.2, 0.25) is 0 Å². The van der Waals surface area contributed by atoms with E-state index < -0.39 is 12.6 Å². The Morgan fingerprint density at radius 3 is 2.61 bits per heavy atom. The molecule has 0 N–H and O–H groups in total. The van der Waals surface area contributed by atoms with Crippen molar-refractivity contribution in [2.45, 2.75) is 32.5 Å². The van der Waals surface area contributed by atoms with Gasteiger partial charge in [0.05, 0.1) is 11.7 Å². The van der Waals surface area contributed by atoms with E-state index in [0.717, 1.165) is 0 Å². The molecule has 0 fully saturated rings. The fraction of sp³-hybridized carbons (Fsp3) is 0.455. The summed E-state index contributed by atoms with van der Waals surface area (Å²) in [6.45, 7) is 3.66. The van der Waals surface area contributed by atoms with Crippen LogP contribution in [0.4, 0.5) is 13.2 Å². The number of pyridine rings is 1. The van der Waals surface area contributed by atoms with Crippen molar-refractivity contribution in [2.24, 2.45) is 0 Å². The molecule has 98 valence electrons. The van der Waals surface area contributed by atoms with Gasteiger partial charge in [0.15, 0.2) is 0 Å². The van der Waals surface area contributed by atoms with Crippen molar-refractivity contribution in [3.8, 4) is 0 Å². The number of halogens is 4. The molecule has 0 spiro atoms. The third-order valence-electron chi connectivity index (χ3n) is 2.49. The highest BCUT2D eigenvalue weighted by atomic mass is 79.9. The summed E-state index contributed by atoms with van der Waals surface area (Å²) >= 11 is 3.21. The van der Waals surface area contributed by atoms with Gasteiger partial charge in [-0.15, -0.1) is 0 Å². The van der Waals surface area contributed by atoms with E-state index in [2.05, 4.69) is 25.9 Å². The van der Waals surface area contributed by atoms with E-state index >= 15 is 0 Å². The van der Waals surface area contributed by atoms with Gasteiger partial charge in [-0.05, 0) is 35.8 Å². The molecule has 0 aliphatic heterocycles. The predicted octanol–water partition coefficient (Wildman–Crippen LogP) is 3.88.